The summed E-state index contributed by atoms with van der Waals surface area (Å²) < 4.78 is 7.30. The van der Waals surface area contributed by atoms with E-state index in [1.165, 1.54) is 11.3 Å². The number of ether oxygens (including phenoxy) is 1. The van der Waals surface area contributed by atoms with Gasteiger partial charge in [-0.3, -0.25) is 14.3 Å². The Kier molecular flexibility index (Phi) is 5.60. The van der Waals surface area contributed by atoms with Gasteiger partial charge in [-0.25, -0.2) is 4.98 Å². The molecule has 3 rings (SSSR count). The van der Waals surface area contributed by atoms with Crippen LogP contribution in [0.5, 0.6) is 5.75 Å². The second-order valence-electron chi connectivity index (χ2n) is 6.52. The van der Waals surface area contributed by atoms with Crippen LogP contribution in [0.3, 0.4) is 0 Å². The molecule has 7 nitrogen and oxygen atoms in total. The highest BCUT2D eigenvalue weighted by molar-refractivity contribution is 7.17. The van der Waals surface area contributed by atoms with Gasteiger partial charge in [0.2, 0.25) is 0 Å². The Morgan fingerprint density at radius 3 is 2.36 bits per heavy atom. The molecule has 0 spiro atoms. The van der Waals surface area contributed by atoms with E-state index in [0.717, 1.165) is 27.7 Å². The maximum atomic E-state index is 12.2. The molecule has 0 bridgehead atoms. The van der Waals surface area contributed by atoms with Crippen molar-refractivity contribution < 1.29 is 14.3 Å². The van der Waals surface area contributed by atoms with Gasteiger partial charge in [0.25, 0.3) is 5.91 Å². The minimum Gasteiger partial charge on any atom is -0.484 e. The molecule has 2 aromatic heterocycles. The molecule has 1 N–H and O–H groups in total. The SMILES string of the molecule is CC(=O)c1sc(-c2ccc(OCC(=O)Nc3c(C)nn(C)c3C)cc2)nc1C. The number of ketones is 1. The molecule has 8 heteroatoms. The number of nitrogens with zero attached hydrogens (tertiary/aromatic N) is 3. The molecule has 1 amide bonds. The van der Waals surface area contributed by atoms with E-state index in [9.17, 15) is 9.59 Å². The second-order valence-corrected chi connectivity index (χ2v) is 7.52. The normalized spacial score (nSPS) is 10.8. The number of aryl methyl sites for hydroxylation is 3. The molecular weight excluding hydrogens is 376 g/mol. The monoisotopic (exact) mass is 398 g/mol. The molecular formula is C20H22N4O3S. The average molecular weight is 398 g/mol. The number of Topliss-reactive ketones (excluding diaryl/α,β-unsaturated/α-hetero) is 1. The summed E-state index contributed by atoms with van der Waals surface area (Å²) in [6.45, 7) is 7.02. The fourth-order valence-corrected chi connectivity index (χ4v) is 3.79. The standard InChI is InChI=1S/C20H22N4O3S/c1-11-18(13(3)24(5)23-11)22-17(26)10-27-16-8-6-15(7-9-16)20-21-12(2)19(28-20)14(4)25/h6-9H,10H2,1-5H3,(H,22,26). The Morgan fingerprint density at radius 1 is 1.14 bits per heavy atom. The number of thiazole rings is 1. The number of nitrogens with one attached hydrogen (secondary N) is 1. The number of benzene rings is 1. The summed E-state index contributed by atoms with van der Waals surface area (Å²) >= 11 is 1.38. The summed E-state index contributed by atoms with van der Waals surface area (Å²) in [7, 11) is 1.83. The molecule has 0 unspecified atom stereocenters. The third-order valence-electron chi connectivity index (χ3n) is 4.36. The molecule has 146 valence electrons. The Morgan fingerprint density at radius 2 is 1.82 bits per heavy atom. The van der Waals surface area contributed by atoms with E-state index < -0.39 is 0 Å². The number of aromatic nitrogens is 3. The number of anilines is 1. The van der Waals surface area contributed by atoms with Crippen LogP contribution in [0.4, 0.5) is 5.69 Å². The first-order chi connectivity index (χ1) is 13.3. The molecule has 3 aromatic rings. The van der Waals surface area contributed by atoms with Gasteiger partial charge in [0.15, 0.2) is 12.4 Å². The van der Waals surface area contributed by atoms with Gasteiger partial charge in [0.05, 0.1) is 27.6 Å². The fraction of sp³-hybridized carbons (Fsp3) is 0.300. The fourth-order valence-electron chi connectivity index (χ4n) is 2.82. The van der Waals surface area contributed by atoms with Gasteiger partial charge in [-0.05, 0) is 45.0 Å². The highest BCUT2D eigenvalue weighted by atomic mass is 32.1. The highest BCUT2D eigenvalue weighted by Crippen LogP contribution is 2.29. The number of hydrogen-bond acceptors (Lipinski definition) is 6. The second kappa shape index (κ2) is 7.93. The summed E-state index contributed by atoms with van der Waals surface area (Å²) in [6.07, 6.45) is 0. The average Bonchev–Trinajstić information content (AvgIpc) is 3.15. The zero-order valence-electron chi connectivity index (χ0n) is 16.5. The Hall–Kier alpha value is -3.00. The van der Waals surface area contributed by atoms with Gasteiger partial charge < -0.3 is 10.1 Å². The van der Waals surface area contributed by atoms with E-state index in [2.05, 4.69) is 15.4 Å². The molecule has 0 aliphatic carbocycles. The van der Waals surface area contributed by atoms with Crippen molar-refractivity contribution in [2.75, 3.05) is 11.9 Å². The third-order valence-corrected chi connectivity index (χ3v) is 5.67. The van der Waals surface area contributed by atoms with Crippen molar-refractivity contribution in [2.24, 2.45) is 7.05 Å². The van der Waals surface area contributed by atoms with Crippen LogP contribution >= 0.6 is 11.3 Å². The largest absolute Gasteiger partial charge is 0.484 e. The summed E-state index contributed by atoms with van der Waals surface area (Å²) in [6, 6.07) is 7.30. The summed E-state index contributed by atoms with van der Waals surface area (Å²) in [5.41, 5.74) is 4.01. The van der Waals surface area contributed by atoms with E-state index >= 15 is 0 Å². The van der Waals surface area contributed by atoms with Crippen molar-refractivity contribution in [1.29, 1.82) is 0 Å². The van der Waals surface area contributed by atoms with Crippen molar-refractivity contribution in [3.8, 4) is 16.3 Å². The van der Waals surface area contributed by atoms with Crippen LogP contribution < -0.4 is 10.1 Å². The van der Waals surface area contributed by atoms with Crippen LogP contribution in [0.1, 0.15) is 33.7 Å². The minimum absolute atomic E-state index is 0.0197. The van der Waals surface area contributed by atoms with Gasteiger partial charge >= 0.3 is 0 Å². The van der Waals surface area contributed by atoms with Crippen molar-refractivity contribution in [3.63, 3.8) is 0 Å². The van der Waals surface area contributed by atoms with Gasteiger partial charge in [-0.1, -0.05) is 0 Å². The zero-order chi connectivity index (χ0) is 20.4. The lowest BCUT2D eigenvalue weighted by atomic mass is 10.2. The first kappa shape index (κ1) is 19.8. The van der Waals surface area contributed by atoms with E-state index in [4.69, 9.17) is 4.74 Å². The molecule has 0 aliphatic rings. The quantitative estimate of drug-likeness (QED) is 0.640. The van der Waals surface area contributed by atoms with Crippen molar-refractivity contribution in [1.82, 2.24) is 14.8 Å². The minimum atomic E-state index is -0.245. The van der Waals surface area contributed by atoms with E-state index in [1.807, 2.05) is 40.0 Å². The Balaban J connectivity index is 1.62. The Bertz CT molecular complexity index is 1030. The van der Waals surface area contributed by atoms with E-state index in [1.54, 1.807) is 23.7 Å². The molecule has 0 fully saturated rings. The summed E-state index contributed by atoms with van der Waals surface area (Å²) in [5.74, 6) is 0.356. The molecule has 1 aromatic carbocycles. The summed E-state index contributed by atoms with van der Waals surface area (Å²) in [5, 5.41) is 7.90. The predicted octanol–water partition coefficient (Wildman–Crippen LogP) is 3.69. The lowest BCUT2D eigenvalue weighted by molar-refractivity contribution is -0.118. The van der Waals surface area contributed by atoms with Crippen LogP contribution in [0.15, 0.2) is 24.3 Å². The number of carbonyl (C=O) groups is 2. The number of carbonyl (C=O) groups excluding carboxylic acids is 2. The van der Waals surface area contributed by atoms with Crippen molar-refractivity contribution in [2.45, 2.75) is 27.7 Å². The molecule has 2 heterocycles. The zero-order valence-corrected chi connectivity index (χ0v) is 17.3. The molecule has 0 atom stereocenters. The van der Waals surface area contributed by atoms with Crippen LogP contribution in [0.2, 0.25) is 0 Å². The molecule has 0 saturated heterocycles. The van der Waals surface area contributed by atoms with Crippen molar-refractivity contribution >= 4 is 28.7 Å². The predicted molar refractivity (Wildman–Crippen MR) is 109 cm³/mol. The highest BCUT2D eigenvalue weighted by Gasteiger charge is 2.14. The van der Waals surface area contributed by atoms with Gasteiger partial charge in [0.1, 0.15) is 10.8 Å². The van der Waals surface area contributed by atoms with Gasteiger partial charge in [0, 0.05) is 19.5 Å². The lowest BCUT2D eigenvalue weighted by Crippen LogP contribution is -2.20. The number of amides is 1. The number of hydrogen-bond donors (Lipinski definition) is 1. The van der Waals surface area contributed by atoms with Crippen LogP contribution in [0, 0.1) is 20.8 Å². The summed E-state index contributed by atoms with van der Waals surface area (Å²) in [4.78, 5) is 28.9. The van der Waals surface area contributed by atoms with Crippen LogP contribution in [-0.2, 0) is 11.8 Å². The maximum Gasteiger partial charge on any atom is 0.262 e. The third kappa shape index (κ3) is 4.12. The first-order valence-electron chi connectivity index (χ1n) is 8.78. The first-order valence-corrected chi connectivity index (χ1v) is 9.59. The van der Waals surface area contributed by atoms with Crippen molar-refractivity contribution in [3.05, 3.63) is 46.2 Å². The topological polar surface area (TPSA) is 86.1 Å². The maximum absolute atomic E-state index is 12.2. The van der Waals surface area contributed by atoms with Gasteiger partial charge in [-0.2, -0.15) is 5.10 Å². The number of rotatable bonds is 6. The van der Waals surface area contributed by atoms with Crippen LogP contribution in [0.25, 0.3) is 10.6 Å². The molecule has 28 heavy (non-hydrogen) atoms. The van der Waals surface area contributed by atoms with E-state index in [0.29, 0.717) is 16.3 Å². The molecule has 0 radical (unpaired) electrons. The smallest absolute Gasteiger partial charge is 0.262 e. The van der Waals surface area contributed by atoms with Crippen LogP contribution in [-0.4, -0.2) is 33.1 Å². The molecule has 0 saturated carbocycles. The van der Waals surface area contributed by atoms with Gasteiger partial charge in [-0.15, -0.1) is 11.3 Å². The molecule has 0 aliphatic heterocycles. The Labute approximate surface area is 167 Å². The lowest BCUT2D eigenvalue weighted by Gasteiger charge is -2.08. The van der Waals surface area contributed by atoms with E-state index in [-0.39, 0.29) is 18.3 Å².